The van der Waals surface area contributed by atoms with Crippen molar-refractivity contribution < 1.29 is 28.5 Å². The van der Waals surface area contributed by atoms with Gasteiger partial charge >= 0.3 is 11.9 Å². The summed E-state index contributed by atoms with van der Waals surface area (Å²) in [5, 5.41) is 0. The third-order valence-corrected chi connectivity index (χ3v) is 7.31. The van der Waals surface area contributed by atoms with Gasteiger partial charge in [-0.3, -0.25) is 9.59 Å². The van der Waals surface area contributed by atoms with E-state index >= 15 is 0 Å². The Hall–Kier alpha value is -1.14. The Balaban J connectivity index is 4.11. The van der Waals surface area contributed by atoms with Crippen LogP contribution in [-0.4, -0.2) is 36.7 Å². The molecule has 0 unspecified atom stereocenters. The zero-order chi connectivity index (χ0) is 31.0. The van der Waals surface area contributed by atoms with Crippen LogP contribution in [0.25, 0.3) is 0 Å². The van der Waals surface area contributed by atoms with Gasteiger partial charge in [0.1, 0.15) is 0 Å². The van der Waals surface area contributed by atoms with E-state index in [4.69, 9.17) is 18.9 Å². The van der Waals surface area contributed by atoms with Crippen molar-refractivity contribution in [2.24, 2.45) is 5.41 Å². The minimum atomic E-state index is -1.01. The molecule has 0 aromatic rings. The topological polar surface area (TPSA) is 71.1 Å². The predicted octanol–water partition coefficient (Wildman–Crippen LogP) is 10.4. The first-order chi connectivity index (χ1) is 19.3. The third-order valence-electron chi connectivity index (χ3n) is 7.31. The fourth-order valence-corrected chi connectivity index (χ4v) is 4.65. The van der Waals surface area contributed by atoms with Gasteiger partial charge in [-0.15, -0.1) is 0 Å². The normalized spacial score (nSPS) is 12.5. The summed E-state index contributed by atoms with van der Waals surface area (Å²) >= 11 is 0. The van der Waals surface area contributed by atoms with Crippen molar-refractivity contribution in [1.29, 1.82) is 0 Å². The predicted molar refractivity (Wildman–Crippen MR) is 170 cm³/mol. The molecule has 0 bridgehead atoms. The summed E-state index contributed by atoms with van der Waals surface area (Å²) in [6.07, 6.45) is 22.7. The van der Waals surface area contributed by atoms with Crippen LogP contribution < -0.4 is 0 Å². The molecule has 0 spiro atoms. The Morgan fingerprint density at radius 1 is 0.439 bits per heavy atom. The molecule has 41 heavy (non-hydrogen) atoms. The molecule has 0 aliphatic carbocycles. The number of hydrogen-bond acceptors (Lipinski definition) is 6. The monoisotopic (exact) mass is 585 g/mol. The van der Waals surface area contributed by atoms with E-state index < -0.39 is 11.6 Å². The van der Waals surface area contributed by atoms with Crippen molar-refractivity contribution in [1.82, 2.24) is 0 Å². The number of hydrogen-bond donors (Lipinski definition) is 0. The molecule has 0 heterocycles. The van der Waals surface area contributed by atoms with E-state index in [0.29, 0.717) is 26.1 Å². The fourth-order valence-electron chi connectivity index (χ4n) is 4.65. The molecule has 0 atom stereocenters. The van der Waals surface area contributed by atoms with E-state index in [1.165, 1.54) is 89.9 Å². The number of esters is 2. The Bertz CT molecular complexity index is 601. The highest BCUT2D eigenvalue weighted by Crippen LogP contribution is 2.25. The molecular formula is C35H68O6. The van der Waals surface area contributed by atoms with Crippen molar-refractivity contribution in [3.05, 3.63) is 0 Å². The van der Waals surface area contributed by atoms with E-state index in [-0.39, 0.29) is 17.4 Å². The lowest BCUT2D eigenvalue weighted by Crippen LogP contribution is -2.39. The van der Waals surface area contributed by atoms with Gasteiger partial charge in [-0.25, -0.2) is 0 Å². The molecule has 0 amide bonds. The maximum atomic E-state index is 12.3. The lowest BCUT2D eigenvalue weighted by atomic mass is 9.96. The smallest absolute Gasteiger partial charge is 0.308 e. The second-order valence-electron chi connectivity index (χ2n) is 13.6. The van der Waals surface area contributed by atoms with E-state index in [2.05, 4.69) is 13.8 Å². The molecule has 0 fully saturated rings. The summed E-state index contributed by atoms with van der Waals surface area (Å²) < 4.78 is 23.2. The number of carbonyl (C=O) groups excluding carboxylic acids is 2. The lowest BCUT2D eigenvalue weighted by Gasteiger charge is -2.34. The van der Waals surface area contributed by atoms with Crippen molar-refractivity contribution in [2.75, 3.05) is 13.2 Å². The third kappa shape index (κ3) is 26.2. The van der Waals surface area contributed by atoms with Gasteiger partial charge in [0, 0.05) is 46.0 Å². The molecule has 0 saturated carbocycles. The van der Waals surface area contributed by atoms with E-state index in [0.717, 1.165) is 25.7 Å². The van der Waals surface area contributed by atoms with Gasteiger partial charge in [0.25, 0.3) is 0 Å². The van der Waals surface area contributed by atoms with Gasteiger partial charge in [0.15, 0.2) is 0 Å². The van der Waals surface area contributed by atoms with Gasteiger partial charge in [-0.1, -0.05) is 130 Å². The maximum Gasteiger partial charge on any atom is 0.308 e. The Labute approximate surface area is 254 Å². The van der Waals surface area contributed by atoms with E-state index in [1.54, 1.807) is 27.7 Å². The molecule has 6 heteroatoms. The van der Waals surface area contributed by atoms with Crippen molar-refractivity contribution in [3.63, 3.8) is 0 Å². The lowest BCUT2D eigenvalue weighted by molar-refractivity contribution is -0.242. The van der Waals surface area contributed by atoms with Gasteiger partial charge in [-0.2, -0.15) is 0 Å². The molecule has 0 radical (unpaired) electrons. The Morgan fingerprint density at radius 3 is 1.00 bits per heavy atom. The first-order valence-electron chi connectivity index (χ1n) is 17.0. The van der Waals surface area contributed by atoms with Crippen molar-refractivity contribution in [2.45, 2.75) is 195 Å². The van der Waals surface area contributed by atoms with Crippen molar-refractivity contribution in [3.8, 4) is 0 Å². The first kappa shape index (κ1) is 39.9. The van der Waals surface area contributed by atoms with Crippen LogP contribution in [0.3, 0.4) is 0 Å². The van der Waals surface area contributed by atoms with Crippen LogP contribution in [0.15, 0.2) is 0 Å². The average molecular weight is 585 g/mol. The molecule has 0 saturated heterocycles. The Morgan fingerprint density at radius 2 is 0.707 bits per heavy atom. The highest BCUT2D eigenvalue weighted by Gasteiger charge is 2.31. The summed E-state index contributed by atoms with van der Waals surface area (Å²) in [5.41, 5.74) is -0.360. The first-order valence-corrected chi connectivity index (χ1v) is 17.0. The van der Waals surface area contributed by atoms with Gasteiger partial charge < -0.3 is 18.9 Å². The summed E-state index contributed by atoms with van der Waals surface area (Å²) in [6, 6.07) is 0. The minimum Gasteiger partial charge on any atom is -0.434 e. The standard InChI is InChI=1S/C35H68O6/c1-9-11-13-15-17-19-21-23-25-27-31(36)40-34(5,6)38-29-33(3,4)30-39-35(7,8)41-32(37)28-26-24-22-20-18-16-14-12-10-2/h9-30H2,1-8H3. The summed E-state index contributed by atoms with van der Waals surface area (Å²) in [6.45, 7) is 16.3. The molecule has 0 aliphatic rings. The molecule has 6 nitrogen and oxygen atoms in total. The fraction of sp³-hybridized carbons (Fsp3) is 0.943. The van der Waals surface area contributed by atoms with E-state index in [1.807, 2.05) is 13.8 Å². The van der Waals surface area contributed by atoms with Crippen LogP contribution in [0, 0.1) is 5.41 Å². The second kappa shape index (κ2) is 23.3. The number of carbonyl (C=O) groups is 2. The average Bonchev–Trinajstić information content (AvgIpc) is 2.89. The highest BCUT2D eigenvalue weighted by molar-refractivity contribution is 5.70. The summed E-state index contributed by atoms with van der Waals surface area (Å²) in [7, 11) is 0. The molecule has 0 rings (SSSR count). The van der Waals surface area contributed by atoms with E-state index in [9.17, 15) is 9.59 Å². The largest absolute Gasteiger partial charge is 0.434 e. The molecule has 0 aromatic heterocycles. The van der Waals surface area contributed by atoms with Crippen LogP contribution in [0.1, 0.15) is 184 Å². The van der Waals surface area contributed by atoms with Crippen LogP contribution in [-0.2, 0) is 28.5 Å². The molecule has 244 valence electrons. The maximum absolute atomic E-state index is 12.3. The van der Waals surface area contributed by atoms with Gasteiger partial charge in [0.2, 0.25) is 11.6 Å². The number of rotatable bonds is 28. The highest BCUT2D eigenvalue weighted by atomic mass is 16.7. The SMILES string of the molecule is CCCCCCCCCCCC(=O)OC(C)(C)OCC(C)(C)COC(C)(C)OC(=O)CCCCCCCCCCC. The van der Waals surface area contributed by atoms with Gasteiger partial charge in [0.05, 0.1) is 13.2 Å². The molecule has 0 aromatic carbocycles. The van der Waals surface area contributed by atoms with Crippen molar-refractivity contribution >= 4 is 11.9 Å². The van der Waals surface area contributed by atoms with Gasteiger partial charge in [-0.05, 0) is 12.8 Å². The molecular weight excluding hydrogens is 516 g/mol. The summed E-state index contributed by atoms with van der Waals surface area (Å²) in [4.78, 5) is 24.7. The van der Waals surface area contributed by atoms with Crippen LogP contribution in [0.4, 0.5) is 0 Å². The zero-order valence-electron chi connectivity index (χ0n) is 28.5. The second-order valence-corrected chi connectivity index (χ2v) is 13.6. The molecule has 0 N–H and O–H groups in total. The van der Waals surface area contributed by atoms with Crippen LogP contribution in [0.5, 0.6) is 0 Å². The van der Waals surface area contributed by atoms with Crippen LogP contribution in [0.2, 0.25) is 0 Å². The quantitative estimate of drug-likeness (QED) is 0.0517. The molecule has 0 aliphatic heterocycles. The Kier molecular flexibility index (Phi) is 22.7. The van der Waals surface area contributed by atoms with Crippen LogP contribution >= 0.6 is 0 Å². The zero-order valence-corrected chi connectivity index (χ0v) is 28.5. The minimum absolute atomic E-state index is 0.216. The number of unbranched alkanes of at least 4 members (excludes halogenated alkanes) is 16. The summed E-state index contributed by atoms with van der Waals surface area (Å²) in [5.74, 6) is -2.45. The number of ether oxygens (including phenoxy) is 4.